The summed E-state index contributed by atoms with van der Waals surface area (Å²) in [5, 5.41) is 0. The molecule has 0 spiro atoms. The fraction of sp³-hybridized carbons (Fsp3) is 0.538. The maximum absolute atomic E-state index is 3.06. The van der Waals surface area contributed by atoms with E-state index in [-0.39, 0.29) is 0 Å². The summed E-state index contributed by atoms with van der Waals surface area (Å²) in [4.78, 5) is 0. The number of rotatable bonds is 4. The van der Waals surface area contributed by atoms with Crippen molar-refractivity contribution in [1.29, 1.82) is 0 Å². The smallest absolute Gasteiger partial charge is 0.0184 e. The molecule has 0 heterocycles. The van der Waals surface area contributed by atoms with Crippen LogP contribution in [0.5, 0.6) is 0 Å². The van der Waals surface area contributed by atoms with E-state index in [1.165, 1.54) is 31.2 Å². The lowest BCUT2D eigenvalue weighted by Gasteiger charge is -2.10. The third-order valence-electron chi connectivity index (χ3n) is 3.02. The monoisotopic (exact) mass is 173 g/mol. The van der Waals surface area contributed by atoms with Crippen molar-refractivity contribution < 1.29 is 0 Å². The summed E-state index contributed by atoms with van der Waals surface area (Å²) in [6.45, 7) is 2.33. The zero-order valence-corrected chi connectivity index (χ0v) is 8.29. The summed E-state index contributed by atoms with van der Waals surface area (Å²) in [6.07, 6.45) is 5.75. The van der Waals surface area contributed by atoms with Crippen LogP contribution in [-0.2, 0) is 0 Å². The van der Waals surface area contributed by atoms with Gasteiger partial charge in [0.1, 0.15) is 0 Å². The van der Waals surface area contributed by atoms with Gasteiger partial charge in [0, 0.05) is 0 Å². The molecule has 1 saturated carbocycles. The lowest BCUT2D eigenvalue weighted by molar-refractivity contribution is 0.592. The quantitative estimate of drug-likeness (QED) is 0.650. The van der Waals surface area contributed by atoms with Crippen molar-refractivity contribution in [3.8, 4) is 0 Å². The van der Waals surface area contributed by atoms with E-state index in [9.17, 15) is 0 Å². The first-order valence-corrected chi connectivity index (χ1v) is 5.32. The highest BCUT2D eigenvalue weighted by Crippen LogP contribution is 2.36. The molecule has 0 nitrogen and oxygen atoms in total. The molecule has 13 heavy (non-hydrogen) atoms. The van der Waals surface area contributed by atoms with Gasteiger partial charge in [-0.15, -0.1) is 0 Å². The topological polar surface area (TPSA) is 0 Å². The van der Waals surface area contributed by atoms with Crippen LogP contribution in [0, 0.1) is 12.0 Å². The van der Waals surface area contributed by atoms with Crippen molar-refractivity contribution in [2.24, 2.45) is 5.92 Å². The summed E-state index contributed by atoms with van der Waals surface area (Å²) < 4.78 is 0. The van der Waals surface area contributed by atoms with Gasteiger partial charge in [0.05, 0.1) is 0 Å². The Labute approximate surface area is 81.0 Å². The lowest BCUT2D eigenvalue weighted by atomic mass is 9.95. The third-order valence-corrected chi connectivity index (χ3v) is 3.02. The molecule has 0 aromatic heterocycles. The van der Waals surface area contributed by atoms with Gasteiger partial charge < -0.3 is 0 Å². The van der Waals surface area contributed by atoms with Crippen LogP contribution in [0.4, 0.5) is 0 Å². The largest absolute Gasteiger partial charge is 0.0584 e. The molecule has 0 heteroatoms. The first kappa shape index (κ1) is 8.80. The molecular formula is C13H17. The van der Waals surface area contributed by atoms with Crippen LogP contribution in [0.25, 0.3) is 0 Å². The highest BCUT2D eigenvalue weighted by molar-refractivity contribution is 5.17. The molecule has 0 N–H and O–H groups in total. The summed E-state index contributed by atoms with van der Waals surface area (Å²) in [5.41, 5.74) is 1.47. The molecule has 0 bridgehead atoms. The van der Waals surface area contributed by atoms with Crippen molar-refractivity contribution in [3.63, 3.8) is 0 Å². The Bertz CT molecular complexity index is 246. The second kappa shape index (κ2) is 3.95. The van der Waals surface area contributed by atoms with Gasteiger partial charge in [-0.1, -0.05) is 44.0 Å². The summed E-state index contributed by atoms with van der Waals surface area (Å²) in [5.74, 6) is 1.80. The first-order valence-electron chi connectivity index (χ1n) is 5.32. The van der Waals surface area contributed by atoms with Crippen molar-refractivity contribution in [2.45, 2.75) is 38.5 Å². The fourth-order valence-corrected chi connectivity index (χ4v) is 1.79. The standard InChI is InChI=1S/C13H17/c1-11(7-8-12-9-10-12)13-5-3-2-4-6-13/h3-6,11-12H,7-10H2,1H3. The molecule has 2 rings (SSSR count). The molecule has 1 aromatic rings. The minimum absolute atomic E-state index is 0.732. The molecule has 0 saturated heterocycles. The Morgan fingerprint density at radius 1 is 1.38 bits per heavy atom. The first-order chi connectivity index (χ1) is 6.36. The normalized spacial score (nSPS) is 18.5. The highest BCUT2D eigenvalue weighted by atomic mass is 14.3. The molecule has 1 atom stereocenters. The summed E-state index contributed by atoms with van der Waals surface area (Å²) in [7, 11) is 0. The zero-order chi connectivity index (χ0) is 9.10. The predicted octanol–water partition coefficient (Wildman–Crippen LogP) is 3.78. The molecule has 1 aliphatic carbocycles. The van der Waals surface area contributed by atoms with Gasteiger partial charge >= 0.3 is 0 Å². The van der Waals surface area contributed by atoms with Gasteiger partial charge in [-0.3, -0.25) is 0 Å². The Hall–Kier alpha value is -0.780. The van der Waals surface area contributed by atoms with Gasteiger partial charge in [0.25, 0.3) is 0 Å². The third kappa shape index (κ3) is 2.58. The molecule has 1 aromatic carbocycles. The van der Waals surface area contributed by atoms with Crippen LogP contribution in [0.2, 0.25) is 0 Å². The number of benzene rings is 1. The van der Waals surface area contributed by atoms with E-state index in [0.29, 0.717) is 0 Å². The van der Waals surface area contributed by atoms with Gasteiger partial charge in [0.15, 0.2) is 0 Å². The minimum Gasteiger partial charge on any atom is -0.0584 e. The summed E-state index contributed by atoms with van der Waals surface area (Å²) >= 11 is 0. The molecular weight excluding hydrogens is 156 g/mol. The molecule has 1 aliphatic rings. The van der Waals surface area contributed by atoms with Crippen molar-refractivity contribution in [2.75, 3.05) is 0 Å². The van der Waals surface area contributed by atoms with Crippen LogP contribution >= 0.6 is 0 Å². The average molecular weight is 173 g/mol. The maximum Gasteiger partial charge on any atom is -0.0184 e. The maximum atomic E-state index is 3.06. The number of hydrogen-bond acceptors (Lipinski definition) is 0. The Balaban J connectivity index is 1.85. The zero-order valence-electron chi connectivity index (χ0n) is 8.29. The van der Waals surface area contributed by atoms with Crippen molar-refractivity contribution in [1.82, 2.24) is 0 Å². The van der Waals surface area contributed by atoms with E-state index >= 15 is 0 Å². The van der Waals surface area contributed by atoms with Crippen LogP contribution < -0.4 is 0 Å². The van der Waals surface area contributed by atoms with E-state index in [4.69, 9.17) is 0 Å². The van der Waals surface area contributed by atoms with E-state index in [1.807, 2.05) is 12.1 Å². The molecule has 0 amide bonds. The Kier molecular flexibility index (Phi) is 2.68. The van der Waals surface area contributed by atoms with Crippen LogP contribution in [0.1, 0.15) is 44.1 Å². The second-order valence-corrected chi connectivity index (χ2v) is 4.26. The van der Waals surface area contributed by atoms with Crippen LogP contribution in [0.15, 0.2) is 24.3 Å². The van der Waals surface area contributed by atoms with Crippen molar-refractivity contribution in [3.05, 3.63) is 35.9 Å². The van der Waals surface area contributed by atoms with E-state index < -0.39 is 0 Å². The predicted molar refractivity (Wildman–Crippen MR) is 55.7 cm³/mol. The number of hydrogen-bond donors (Lipinski definition) is 0. The summed E-state index contributed by atoms with van der Waals surface area (Å²) in [6, 6.07) is 11.5. The molecule has 1 fully saturated rings. The van der Waals surface area contributed by atoms with Gasteiger partial charge in [0.2, 0.25) is 0 Å². The molecule has 0 aliphatic heterocycles. The van der Waals surface area contributed by atoms with Crippen LogP contribution in [0.3, 0.4) is 0 Å². The lowest BCUT2D eigenvalue weighted by Crippen LogP contribution is -1.93. The van der Waals surface area contributed by atoms with E-state index in [0.717, 1.165) is 11.8 Å². The second-order valence-electron chi connectivity index (χ2n) is 4.26. The van der Waals surface area contributed by atoms with Crippen LogP contribution in [-0.4, -0.2) is 0 Å². The Morgan fingerprint density at radius 3 is 2.69 bits per heavy atom. The fourth-order valence-electron chi connectivity index (χ4n) is 1.79. The molecule has 1 unspecified atom stereocenters. The van der Waals surface area contributed by atoms with Gasteiger partial charge in [-0.25, -0.2) is 0 Å². The average Bonchev–Trinajstić information content (AvgIpc) is 2.99. The van der Waals surface area contributed by atoms with E-state index in [1.54, 1.807) is 0 Å². The Morgan fingerprint density at radius 2 is 2.08 bits per heavy atom. The van der Waals surface area contributed by atoms with Crippen molar-refractivity contribution >= 4 is 0 Å². The SMILES string of the molecule is CC(CCC1CC1)c1cc[c]cc1. The van der Waals surface area contributed by atoms with Gasteiger partial charge in [-0.05, 0) is 36.3 Å². The molecule has 1 radical (unpaired) electrons. The highest BCUT2D eigenvalue weighted by Gasteiger charge is 2.21. The van der Waals surface area contributed by atoms with Gasteiger partial charge in [-0.2, -0.15) is 0 Å². The van der Waals surface area contributed by atoms with E-state index in [2.05, 4.69) is 25.1 Å². The molecule has 69 valence electrons. The minimum atomic E-state index is 0.732.